The van der Waals surface area contributed by atoms with E-state index in [4.69, 9.17) is 4.98 Å². The molecule has 10 heteroatoms. The van der Waals surface area contributed by atoms with Crippen molar-refractivity contribution in [3.05, 3.63) is 77.6 Å². The number of hydrogen-bond acceptors (Lipinski definition) is 5. The first-order valence-electron chi connectivity index (χ1n) is 11.3. The molecule has 0 spiro atoms. The molecule has 0 unspecified atom stereocenters. The van der Waals surface area contributed by atoms with Crippen molar-refractivity contribution in [3.8, 4) is 22.5 Å². The molecule has 2 aliphatic rings. The van der Waals surface area contributed by atoms with Gasteiger partial charge in [0.05, 0.1) is 17.1 Å². The molecule has 0 fully saturated rings. The van der Waals surface area contributed by atoms with Crippen molar-refractivity contribution < 1.29 is 13.3 Å². The van der Waals surface area contributed by atoms with E-state index in [1.807, 2.05) is 24.3 Å². The number of rotatable bonds is 2. The van der Waals surface area contributed by atoms with E-state index in [1.54, 1.807) is 36.2 Å². The van der Waals surface area contributed by atoms with Crippen molar-refractivity contribution in [2.75, 3.05) is 13.3 Å². The minimum absolute atomic E-state index is 0.229. The Balaban J connectivity index is 1.45. The molecule has 2 aliphatic heterocycles. The molecule has 0 N–H and O–H groups in total. The molecule has 2 aromatic heterocycles. The van der Waals surface area contributed by atoms with Crippen LogP contribution < -0.4 is 5.30 Å². The summed E-state index contributed by atoms with van der Waals surface area (Å²) in [4.78, 5) is 4.87. The number of fused-ring (bicyclic) bond motifs is 6. The Morgan fingerprint density at radius 3 is 2.57 bits per heavy atom. The fourth-order valence-corrected chi connectivity index (χ4v) is 6.52. The maximum absolute atomic E-state index is 15.3. The summed E-state index contributed by atoms with van der Waals surface area (Å²) in [5.74, 6) is 0.508. The Morgan fingerprint density at radius 1 is 0.971 bits per heavy atom. The number of benzene rings is 3. The molecule has 2 atom stereocenters. The molecular formula is C25H19F2N6OP. The average Bonchev–Trinajstić information content (AvgIpc) is 3.49. The van der Waals surface area contributed by atoms with Crippen molar-refractivity contribution in [2.45, 2.75) is 18.5 Å². The van der Waals surface area contributed by atoms with Crippen LogP contribution in [-0.4, -0.2) is 43.1 Å². The average molecular weight is 488 g/mol. The predicted octanol–water partition coefficient (Wildman–Crippen LogP) is 4.78. The van der Waals surface area contributed by atoms with Gasteiger partial charge in [0.1, 0.15) is 30.6 Å². The SMILES string of the molecule is CP(C)(=O)c1ccc(-c2ccc3nc4n(c3c2)[C@@H]2C[C@H]4n3nnnc3-c3cccc(F)c32)cc1F. The number of nitrogens with zero attached hydrogens (tertiary/aromatic N) is 6. The molecule has 4 heterocycles. The lowest BCUT2D eigenvalue weighted by molar-refractivity contribution is 0.483. The summed E-state index contributed by atoms with van der Waals surface area (Å²) in [7, 11) is -2.72. The molecule has 0 aliphatic carbocycles. The standard InChI is InChI=1S/C25H19F2N6OP/c1-35(2,34)22-9-7-13(10-17(22)27)14-6-8-18-19(11-14)32-20-12-21(25(32)28-18)33-24(29-30-31-33)15-4-3-5-16(26)23(15)20/h3-11,20-21H,12H2,1-2H3/t20-,21-/m1/s1. The van der Waals surface area contributed by atoms with Crippen molar-refractivity contribution in [1.82, 2.24) is 29.8 Å². The van der Waals surface area contributed by atoms with E-state index in [0.29, 0.717) is 28.9 Å². The molecule has 0 saturated carbocycles. The van der Waals surface area contributed by atoms with Gasteiger partial charge in [0.15, 0.2) is 5.82 Å². The summed E-state index contributed by atoms with van der Waals surface area (Å²) in [5, 5.41) is 12.5. The van der Waals surface area contributed by atoms with Crippen LogP contribution in [0.4, 0.5) is 8.78 Å². The van der Waals surface area contributed by atoms with Crippen LogP contribution in [0.3, 0.4) is 0 Å². The van der Waals surface area contributed by atoms with Crippen molar-refractivity contribution in [1.29, 1.82) is 0 Å². The molecule has 7 rings (SSSR count). The van der Waals surface area contributed by atoms with Crippen molar-refractivity contribution in [3.63, 3.8) is 0 Å². The van der Waals surface area contributed by atoms with Crippen LogP contribution in [-0.2, 0) is 4.57 Å². The third-order valence-corrected chi connectivity index (χ3v) is 8.57. The third-order valence-electron chi connectivity index (χ3n) is 7.05. The molecule has 0 radical (unpaired) electrons. The molecule has 3 aromatic carbocycles. The van der Waals surface area contributed by atoms with Gasteiger partial charge < -0.3 is 9.13 Å². The van der Waals surface area contributed by atoms with Crippen LogP contribution >= 0.6 is 7.14 Å². The van der Waals surface area contributed by atoms with E-state index in [2.05, 4.69) is 20.1 Å². The van der Waals surface area contributed by atoms with Gasteiger partial charge in [-0.15, -0.1) is 5.10 Å². The van der Waals surface area contributed by atoms with Gasteiger partial charge in [0.25, 0.3) is 0 Å². The quantitative estimate of drug-likeness (QED) is 0.334. The van der Waals surface area contributed by atoms with E-state index in [1.165, 1.54) is 12.1 Å². The van der Waals surface area contributed by atoms with E-state index < -0.39 is 13.0 Å². The summed E-state index contributed by atoms with van der Waals surface area (Å²) < 4.78 is 46.2. The largest absolute Gasteiger partial charge is 0.319 e. The van der Waals surface area contributed by atoms with E-state index in [0.717, 1.165) is 22.4 Å². The third kappa shape index (κ3) is 2.85. The number of aromatic nitrogens is 6. The molecule has 2 bridgehead atoms. The van der Waals surface area contributed by atoms with Crippen LogP contribution in [0, 0.1) is 11.6 Å². The first-order chi connectivity index (χ1) is 16.8. The van der Waals surface area contributed by atoms with Gasteiger partial charge in [0, 0.05) is 22.9 Å². The van der Waals surface area contributed by atoms with Crippen LogP contribution in [0.1, 0.15) is 29.9 Å². The lowest BCUT2D eigenvalue weighted by Crippen LogP contribution is -2.13. The lowest BCUT2D eigenvalue weighted by atomic mass is 9.97. The summed E-state index contributed by atoms with van der Waals surface area (Å²) in [6, 6.07) is 15.0. The Morgan fingerprint density at radius 2 is 1.77 bits per heavy atom. The highest BCUT2D eigenvalue weighted by Gasteiger charge is 2.43. The zero-order chi connectivity index (χ0) is 24.1. The van der Waals surface area contributed by atoms with Gasteiger partial charge in [-0.05, 0) is 65.2 Å². The van der Waals surface area contributed by atoms with Crippen molar-refractivity contribution in [2.24, 2.45) is 0 Å². The number of tetrazole rings is 1. The summed E-state index contributed by atoms with van der Waals surface area (Å²) >= 11 is 0. The van der Waals surface area contributed by atoms with Crippen LogP contribution in [0.25, 0.3) is 33.5 Å². The fourth-order valence-electron chi connectivity index (χ4n) is 5.51. The minimum atomic E-state index is -2.72. The molecule has 5 aromatic rings. The second-order valence-corrected chi connectivity index (χ2v) is 12.7. The van der Waals surface area contributed by atoms with Gasteiger partial charge in [-0.25, -0.2) is 18.4 Å². The van der Waals surface area contributed by atoms with Crippen LogP contribution in [0.5, 0.6) is 0 Å². The topological polar surface area (TPSA) is 78.5 Å². The van der Waals surface area contributed by atoms with Crippen LogP contribution in [0.15, 0.2) is 54.6 Å². The zero-order valence-electron chi connectivity index (χ0n) is 18.9. The van der Waals surface area contributed by atoms with Crippen LogP contribution in [0.2, 0.25) is 0 Å². The summed E-state index contributed by atoms with van der Waals surface area (Å²) in [5.41, 5.74) is 4.28. The van der Waals surface area contributed by atoms with Crippen molar-refractivity contribution >= 4 is 23.5 Å². The Labute approximate surface area is 198 Å². The first kappa shape index (κ1) is 20.6. The smallest absolute Gasteiger partial charge is 0.183 e. The first-order valence-corrected chi connectivity index (χ1v) is 13.9. The van der Waals surface area contributed by atoms with Gasteiger partial charge in [-0.1, -0.05) is 24.3 Å². The molecule has 0 saturated heterocycles. The Hall–Kier alpha value is -3.71. The second kappa shape index (κ2) is 6.92. The molecule has 174 valence electrons. The van der Waals surface area contributed by atoms with Gasteiger partial charge >= 0.3 is 0 Å². The Bertz CT molecular complexity index is 1740. The Kier molecular flexibility index (Phi) is 4.08. The number of halogens is 2. The molecule has 0 amide bonds. The molecular weight excluding hydrogens is 469 g/mol. The predicted molar refractivity (Wildman–Crippen MR) is 128 cm³/mol. The summed E-state index contributed by atoms with van der Waals surface area (Å²) in [6.07, 6.45) is 0.583. The second-order valence-electron chi connectivity index (χ2n) is 9.48. The lowest BCUT2D eigenvalue weighted by Gasteiger charge is -2.18. The highest BCUT2D eigenvalue weighted by Crippen LogP contribution is 2.49. The summed E-state index contributed by atoms with van der Waals surface area (Å²) in [6.45, 7) is 3.11. The zero-order valence-corrected chi connectivity index (χ0v) is 19.7. The number of hydrogen-bond donors (Lipinski definition) is 0. The van der Waals surface area contributed by atoms with E-state index >= 15 is 4.39 Å². The number of imidazole rings is 1. The fraction of sp³-hybridized carbons (Fsp3) is 0.200. The van der Waals surface area contributed by atoms with E-state index in [-0.39, 0.29) is 23.2 Å². The van der Waals surface area contributed by atoms with Gasteiger partial charge in [-0.3, -0.25) is 0 Å². The maximum atomic E-state index is 15.3. The van der Waals surface area contributed by atoms with Gasteiger partial charge in [0.2, 0.25) is 0 Å². The minimum Gasteiger partial charge on any atom is -0.319 e. The monoisotopic (exact) mass is 488 g/mol. The molecule has 35 heavy (non-hydrogen) atoms. The van der Waals surface area contributed by atoms with E-state index in [9.17, 15) is 8.96 Å². The maximum Gasteiger partial charge on any atom is 0.183 e. The normalized spacial score (nSPS) is 18.3. The highest BCUT2D eigenvalue weighted by atomic mass is 31.2. The molecule has 7 nitrogen and oxygen atoms in total. The highest BCUT2D eigenvalue weighted by molar-refractivity contribution is 7.70. The van der Waals surface area contributed by atoms with Gasteiger partial charge in [-0.2, -0.15) is 0 Å².